The number of hydrogen-bond donors (Lipinski definition) is 1. The molecule has 0 aromatic heterocycles. The molecule has 2 aromatic rings. The number of benzene rings is 2. The second-order valence-electron chi connectivity index (χ2n) is 5.23. The maximum atomic E-state index is 4.50. The third-order valence-electron chi connectivity index (χ3n) is 3.81. The van der Waals surface area contributed by atoms with Crippen molar-refractivity contribution in [2.45, 2.75) is 6.17 Å². The topological polar surface area (TPSA) is 27.6 Å². The summed E-state index contributed by atoms with van der Waals surface area (Å²) in [6.07, 6.45) is 4.34. The highest BCUT2D eigenvalue weighted by Crippen LogP contribution is 2.34. The van der Waals surface area contributed by atoms with E-state index in [0.29, 0.717) is 0 Å². The van der Waals surface area contributed by atoms with Gasteiger partial charge in [0.2, 0.25) is 0 Å². The van der Waals surface area contributed by atoms with E-state index >= 15 is 0 Å². The molecule has 0 amide bonds. The standard InChI is InChI=1S/C18H14BrN3/c19-18-20-17-16(14-9-5-2-6-10-14)11-15(12-22(17)21-18)13-7-3-1-4-8-13/h1-12,17H,(H,20,21). The molecule has 2 heterocycles. The van der Waals surface area contributed by atoms with Crippen LogP contribution < -0.4 is 5.32 Å². The lowest BCUT2D eigenvalue weighted by Crippen LogP contribution is -2.37. The fraction of sp³-hybridized carbons (Fsp3) is 0.0556. The molecule has 3 nitrogen and oxygen atoms in total. The van der Waals surface area contributed by atoms with Gasteiger partial charge in [0.15, 0.2) is 4.74 Å². The molecule has 108 valence electrons. The van der Waals surface area contributed by atoms with Crippen LogP contribution in [-0.4, -0.2) is 15.9 Å². The van der Waals surface area contributed by atoms with Gasteiger partial charge in [-0.15, -0.1) is 5.10 Å². The number of rotatable bonds is 2. The molecule has 2 aliphatic heterocycles. The van der Waals surface area contributed by atoms with Crippen LogP contribution in [0.1, 0.15) is 11.1 Å². The fourth-order valence-electron chi connectivity index (χ4n) is 2.78. The van der Waals surface area contributed by atoms with Crippen molar-refractivity contribution >= 4 is 31.8 Å². The van der Waals surface area contributed by atoms with Crippen molar-refractivity contribution in [1.29, 1.82) is 0 Å². The molecule has 22 heavy (non-hydrogen) atoms. The second kappa shape index (κ2) is 5.46. The SMILES string of the molecule is BrC1=NN2C=C(c3ccccc3)C=C(c3ccccc3)C2N1. The predicted molar refractivity (Wildman–Crippen MR) is 94.0 cm³/mol. The van der Waals surface area contributed by atoms with Gasteiger partial charge in [-0.05, 0) is 33.1 Å². The first kappa shape index (κ1) is 13.3. The summed E-state index contributed by atoms with van der Waals surface area (Å²) in [4.78, 5) is 0. The summed E-state index contributed by atoms with van der Waals surface area (Å²) in [5.74, 6) is 0. The lowest BCUT2D eigenvalue weighted by molar-refractivity contribution is 0.361. The van der Waals surface area contributed by atoms with E-state index < -0.39 is 0 Å². The maximum absolute atomic E-state index is 4.50. The number of amidine groups is 1. The Balaban J connectivity index is 1.82. The molecule has 0 bridgehead atoms. The van der Waals surface area contributed by atoms with E-state index in [0.717, 1.165) is 10.3 Å². The third-order valence-corrected chi connectivity index (χ3v) is 4.20. The van der Waals surface area contributed by atoms with Crippen LogP contribution in [0.15, 0.2) is 78.0 Å². The van der Waals surface area contributed by atoms with E-state index in [9.17, 15) is 0 Å². The van der Waals surface area contributed by atoms with Crippen molar-refractivity contribution in [3.63, 3.8) is 0 Å². The molecule has 0 saturated heterocycles. The normalized spacial score (nSPS) is 19.8. The first-order valence-corrected chi connectivity index (χ1v) is 7.94. The zero-order valence-corrected chi connectivity index (χ0v) is 13.4. The highest BCUT2D eigenvalue weighted by molar-refractivity contribution is 9.18. The lowest BCUT2D eigenvalue weighted by atomic mass is 9.95. The van der Waals surface area contributed by atoms with Gasteiger partial charge in [0, 0.05) is 17.3 Å². The van der Waals surface area contributed by atoms with Crippen molar-refractivity contribution in [3.8, 4) is 0 Å². The summed E-state index contributed by atoms with van der Waals surface area (Å²) in [6, 6.07) is 20.8. The summed E-state index contributed by atoms with van der Waals surface area (Å²) in [6.45, 7) is 0. The van der Waals surface area contributed by atoms with Crippen molar-refractivity contribution in [3.05, 3.63) is 84.1 Å². The van der Waals surface area contributed by atoms with E-state index in [4.69, 9.17) is 0 Å². The van der Waals surface area contributed by atoms with Gasteiger partial charge in [0.1, 0.15) is 6.17 Å². The Bertz CT molecular complexity index is 778. The molecule has 1 atom stereocenters. The Labute approximate surface area is 137 Å². The molecule has 2 aromatic carbocycles. The van der Waals surface area contributed by atoms with E-state index in [1.165, 1.54) is 16.7 Å². The first-order valence-electron chi connectivity index (χ1n) is 7.14. The second-order valence-corrected chi connectivity index (χ2v) is 5.99. The molecule has 0 saturated carbocycles. The monoisotopic (exact) mass is 351 g/mol. The minimum Gasteiger partial charge on any atom is -0.337 e. The number of hydrazone groups is 1. The summed E-state index contributed by atoms with van der Waals surface area (Å²) < 4.78 is 0.755. The molecular weight excluding hydrogens is 338 g/mol. The van der Waals surface area contributed by atoms with Crippen LogP contribution in [0.4, 0.5) is 0 Å². The van der Waals surface area contributed by atoms with Crippen molar-refractivity contribution in [2.24, 2.45) is 5.10 Å². The number of allylic oxidation sites excluding steroid dienone is 2. The molecule has 1 N–H and O–H groups in total. The van der Waals surface area contributed by atoms with E-state index in [2.05, 4.69) is 87.2 Å². The van der Waals surface area contributed by atoms with Gasteiger partial charge in [-0.3, -0.25) is 0 Å². The average molecular weight is 352 g/mol. The first-order chi connectivity index (χ1) is 10.8. The van der Waals surface area contributed by atoms with E-state index in [1.54, 1.807) is 0 Å². The Morgan fingerprint density at radius 1 is 0.909 bits per heavy atom. The largest absolute Gasteiger partial charge is 0.337 e. The molecule has 0 radical (unpaired) electrons. The van der Waals surface area contributed by atoms with Crippen LogP contribution in [0.25, 0.3) is 11.1 Å². The molecule has 4 rings (SSSR count). The molecule has 0 spiro atoms. The minimum atomic E-state index is 0.0317. The van der Waals surface area contributed by atoms with Gasteiger partial charge in [-0.25, -0.2) is 5.01 Å². The summed E-state index contributed by atoms with van der Waals surface area (Å²) >= 11 is 3.45. The Morgan fingerprint density at radius 2 is 1.55 bits per heavy atom. The van der Waals surface area contributed by atoms with Crippen molar-refractivity contribution in [1.82, 2.24) is 10.3 Å². The van der Waals surface area contributed by atoms with Gasteiger partial charge in [0.25, 0.3) is 0 Å². The summed E-state index contributed by atoms with van der Waals surface area (Å²) in [7, 11) is 0. The Morgan fingerprint density at radius 3 is 2.23 bits per heavy atom. The van der Waals surface area contributed by atoms with Crippen molar-refractivity contribution < 1.29 is 0 Å². The Hall–Kier alpha value is -2.33. The maximum Gasteiger partial charge on any atom is 0.191 e. The smallest absolute Gasteiger partial charge is 0.191 e. The van der Waals surface area contributed by atoms with Crippen LogP contribution in [0.5, 0.6) is 0 Å². The van der Waals surface area contributed by atoms with Crippen LogP contribution in [0.3, 0.4) is 0 Å². The third kappa shape index (κ3) is 2.35. The minimum absolute atomic E-state index is 0.0317. The van der Waals surface area contributed by atoms with Crippen molar-refractivity contribution in [2.75, 3.05) is 0 Å². The van der Waals surface area contributed by atoms with Crippen LogP contribution in [0.2, 0.25) is 0 Å². The van der Waals surface area contributed by atoms with E-state index in [-0.39, 0.29) is 6.17 Å². The number of hydrogen-bond acceptors (Lipinski definition) is 3. The zero-order valence-electron chi connectivity index (χ0n) is 11.8. The van der Waals surface area contributed by atoms with Crippen LogP contribution in [0, 0.1) is 0 Å². The number of fused-ring (bicyclic) bond motifs is 1. The quantitative estimate of drug-likeness (QED) is 0.827. The zero-order chi connectivity index (χ0) is 14.9. The summed E-state index contributed by atoms with van der Waals surface area (Å²) in [5, 5.41) is 9.82. The lowest BCUT2D eigenvalue weighted by Gasteiger charge is -2.28. The molecule has 2 aliphatic rings. The van der Waals surface area contributed by atoms with Crippen LogP contribution >= 0.6 is 15.9 Å². The van der Waals surface area contributed by atoms with E-state index in [1.807, 2.05) is 17.1 Å². The number of halogens is 1. The van der Waals surface area contributed by atoms with Crippen LogP contribution in [-0.2, 0) is 0 Å². The fourth-order valence-corrected chi connectivity index (χ4v) is 3.18. The Kier molecular flexibility index (Phi) is 3.31. The number of nitrogens with one attached hydrogen (secondary N) is 1. The average Bonchev–Trinajstić information content (AvgIpc) is 2.95. The van der Waals surface area contributed by atoms with Gasteiger partial charge < -0.3 is 5.32 Å². The molecule has 0 aliphatic carbocycles. The summed E-state index contributed by atoms with van der Waals surface area (Å²) in [5.41, 5.74) is 4.75. The molecule has 0 fully saturated rings. The number of nitrogens with zero attached hydrogens (tertiary/aromatic N) is 2. The molecule has 1 unspecified atom stereocenters. The van der Waals surface area contributed by atoms with Gasteiger partial charge in [-0.2, -0.15) is 0 Å². The highest BCUT2D eigenvalue weighted by Gasteiger charge is 2.30. The molecule has 4 heteroatoms. The molecular formula is C18H14BrN3. The van der Waals surface area contributed by atoms with Gasteiger partial charge in [0.05, 0.1) is 0 Å². The predicted octanol–water partition coefficient (Wildman–Crippen LogP) is 4.02. The highest BCUT2D eigenvalue weighted by atomic mass is 79.9. The van der Waals surface area contributed by atoms with Gasteiger partial charge >= 0.3 is 0 Å². The van der Waals surface area contributed by atoms with Gasteiger partial charge in [-0.1, -0.05) is 60.7 Å².